The molecule has 0 aliphatic carbocycles. The lowest BCUT2D eigenvalue weighted by molar-refractivity contribution is -0.123. The van der Waals surface area contributed by atoms with E-state index < -0.39 is 6.09 Å². The molecule has 0 saturated carbocycles. The molecule has 0 aromatic heterocycles. The highest BCUT2D eigenvalue weighted by Gasteiger charge is 2.17. The number of amides is 5. The van der Waals surface area contributed by atoms with Crippen LogP contribution in [0.3, 0.4) is 0 Å². The number of alkyl carbamates (subject to hydrolysis) is 1. The number of hydrogen-bond acceptors (Lipinski definition) is 13. The van der Waals surface area contributed by atoms with Crippen LogP contribution in [0.2, 0.25) is 0 Å². The maximum atomic E-state index is 12.9. The van der Waals surface area contributed by atoms with Gasteiger partial charge in [0.25, 0.3) is 0 Å². The second kappa shape index (κ2) is 105. The van der Waals surface area contributed by atoms with Crippen LogP contribution in [-0.2, 0) is 33.4 Å². The number of hydrogen-bond donors (Lipinski definition) is 6. The van der Waals surface area contributed by atoms with E-state index >= 15 is 0 Å². The molecule has 0 aromatic rings. The fourth-order valence-electron chi connectivity index (χ4n) is 6.42. The van der Waals surface area contributed by atoms with Crippen molar-refractivity contribution >= 4 is 29.7 Å². The summed E-state index contributed by atoms with van der Waals surface area (Å²) in [6.45, 7) is 28.9. The van der Waals surface area contributed by atoms with E-state index in [0.717, 1.165) is 39.3 Å². The Balaban J connectivity index is -0.0000000711. The first-order valence-corrected chi connectivity index (χ1v) is 22.7. The van der Waals surface area contributed by atoms with Gasteiger partial charge in [0.1, 0.15) is 6.61 Å². The van der Waals surface area contributed by atoms with Crippen LogP contribution in [0.4, 0.5) is 4.79 Å². The zero-order valence-electron chi connectivity index (χ0n) is 39.6. The van der Waals surface area contributed by atoms with Gasteiger partial charge in [-0.05, 0) is 31.6 Å². The monoisotopic (exact) mass is 1240 g/mol. The van der Waals surface area contributed by atoms with E-state index in [0.29, 0.717) is 109 Å². The predicted molar refractivity (Wildman–Crippen MR) is 397 cm³/mol. The molecule has 0 atom stereocenters. The maximum Gasteiger partial charge on any atom is 0.407 e. The molecule has 5 amide bonds. The Morgan fingerprint density at radius 1 is 0.357 bits per heavy atom. The van der Waals surface area contributed by atoms with Crippen molar-refractivity contribution in [1.82, 2.24) is 46.2 Å². The third-order valence-corrected chi connectivity index (χ3v) is 9.48. The lowest BCUT2D eigenvalue weighted by atomic mass is 10.1. The minimum Gasteiger partial charge on any atom is -0.447 e. The lowest BCUT2D eigenvalue weighted by Gasteiger charge is -2.32. The van der Waals surface area contributed by atoms with Gasteiger partial charge in [0, 0.05) is 150 Å². The van der Waals surface area contributed by atoms with Gasteiger partial charge in [-0.15, -0.1) is 0 Å². The fourth-order valence-corrected chi connectivity index (χ4v) is 6.42. The summed E-state index contributed by atoms with van der Waals surface area (Å²) >= 11 is 0. The molecule has 0 rings (SSSR count). The minimum atomic E-state index is -0.599. The first kappa shape index (κ1) is 160. The van der Waals surface area contributed by atoms with E-state index in [4.69, 9.17) is 19.9 Å². The topological polar surface area (TPSA) is 212 Å². The van der Waals surface area contributed by atoms with Crippen LogP contribution in [0.25, 0.3) is 0 Å². The molecular weight excluding hydrogens is 1060 g/mol. The molecule has 0 unspecified atom stereocenters. The standard InChI is InChI=1S/C43H88N10O8.23CH4/c1-35(2)32-51(25-19-48-42(57)13-23-52(33-36(3)4)26-27-53(38(7)8)34-37(5)6)22-12-41(56)47-18-24-50(20-10-39(54)45-15-14-44)21-11-40(55)46-16-17-49-43(58)61-31-30-60-29-28-59-9;;;;;;;;;;;;;;;;;;;;;;;/h35-38H,10-34,44H2,1-9H3,(H,45,54)(H,46,55)(H,47,56)(H,48,57)(H,49,58);23*1H4. The zero-order valence-corrected chi connectivity index (χ0v) is 39.6. The highest BCUT2D eigenvalue weighted by atomic mass is 16.6. The Morgan fingerprint density at radius 2 is 0.667 bits per heavy atom. The van der Waals surface area contributed by atoms with Crippen molar-refractivity contribution in [3.63, 3.8) is 0 Å². The summed E-state index contributed by atoms with van der Waals surface area (Å²) in [6, 6.07) is 0.484. The maximum absolute atomic E-state index is 12.9. The molecule has 0 aliphatic rings. The second-order valence-electron chi connectivity index (χ2n) is 17.1. The van der Waals surface area contributed by atoms with Crippen LogP contribution in [0.1, 0.15) is 252 Å². The largest absolute Gasteiger partial charge is 0.447 e. The summed E-state index contributed by atoms with van der Waals surface area (Å²) in [5, 5.41) is 14.2. The first-order valence-electron chi connectivity index (χ1n) is 22.7. The molecule has 0 radical (unpaired) electrons. The van der Waals surface area contributed by atoms with Crippen molar-refractivity contribution in [2.75, 3.05) is 145 Å². The molecule has 0 bridgehead atoms. The number of carbonyl (C=O) groups excluding carboxylic acids is 5. The van der Waals surface area contributed by atoms with Crippen molar-refractivity contribution in [2.45, 2.75) is 258 Å². The zero-order chi connectivity index (χ0) is 45.8. The smallest absolute Gasteiger partial charge is 0.407 e. The second-order valence-corrected chi connectivity index (χ2v) is 17.1. The van der Waals surface area contributed by atoms with Crippen LogP contribution in [0.5, 0.6) is 0 Å². The summed E-state index contributed by atoms with van der Waals surface area (Å²) in [5.41, 5.74) is 5.51. The molecule has 7 N–H and O–H groups in total. The molecule has 0 fully saturated rings. The SMILES string of the molecule is C.C.C.C.C.C.C.C.C.C.C.C.C.C.C.C.C.C.C.C.C.C.C.COCCOCCOC(=O)NCCNC(=O)CCN(CCNC(=O)CCN(CCNC(=O)CCN(CCN(CC(C)C)C(C)C)CC(C)C)CC(C)C)CCC(=O)NCCN. The van der Waals surface area contributed by atoms with Crippen molar-refractivity contribution < 1.29 is 38.2 Å². The molecule has 18 heteroatoms. The van der Waals surface area contributed by atoms with Gasteiger partial charge in [0.05, 0.1) is 19.8 Å². The molecule has 0 aromatic carbocycles. The third kappa shape index (κ3) is 101. The predicted octanol–water partition coefficient (Wildman–Crippen LogP) is 15.6. The summed E-state index contributed by atoms with van der Waals surface area (Å²) < 4.78 is 15.1. The van der Waals surface area contributed by atoms with Crippen LogP contribution in [0, 0.1) is 17.8 Å². The Labute approximate surface area is 538 Å². The van der Waals surface area contributed by atoms with E-state index in [1.54, 1.807) is 7.11 Å². The Kier molecular flexibility index (Phi) is 199. The number of nitrogens with one attached hydrogen (secondary N) is 5. The Hall–Kier alpha value is -3.13. The van der Waals surface area contributed by atoms with Gasteiger partial charge in [0.2, 0.25) is 23.6 Å². The summed E-state index contributed by atoms with van der Waals surface area (Å²) in [7, 11) is 1.58. The molecule has 0 spiro atoms. The lowest BCUT2D eigenvalue weighted by Crippen LogP contribution is -2.43. The normalized spacial score (nSPS) is 8.55. The van der Waals surface area contributed by atoms with Gasteiger partial charge in [0.15, 0.2) is 0 Å². The van der Waals surface area contributed by atoms with Gasteiger partial charge in [-0.3, -0.25) is 24.1 Å². The van der Waals surface area contributed by atoms with E-state index in [-0.39, 0.29) is 234 Å². The number of ether oxygens (including phenoxy) is 3. The van der Waals surface area contributed by atoms with Gasteiger partial charge in [-0.2, -0.15) is 0 Å². The van der Waals surface area contributed by atoms with Crippen molar-refractivity contribution in [3.05, 3.63) is 0 Å². The average molecular weight is 1240 g/mol. The molecule has 18 nitrogen and oxygen atoms in total. The van der Waals surface area contributed by atoms with Crippen LogP contribution < -0.4 is 32.3 Å². The highest BCUT2D eigenvalue weighted by Crippen LogP contribution is 2.07. The number of rotatable bonds is 39. The van der Waals surface area contributed by atoms with E-state index in [1.165, 1.54) is 0 Å². The van der Waals surface area contributed by atoms with Crippen molar-refractivity contribution in [3.8, 4) is 0 Å². The summed E-state index contributed by atoms with van der Waals surface area (Å²) in [6.07, 6.45) is 0.565. The molecule has 0 aliphatic heterocycles. The molecule has 0 saturated heterocycles. The minimum absolute atomic E-state index is 0. The first-order chi connectivity index (χ1) is 29.1. The summed E-state index contributed by atoms with van der Waals surface area (Å²) in [5.74, 6) is 1.14. The summed E-state index contributed by atoms with van der Waals surface area (Å²) in [4.78, 5) is 71.6. The van der Waals surface area contributed by atoms with Crippen LogP contribution in [-0.4, -0.2) is 200 Å². The molecule has 0 heterocycles. The number of carbonyl (C=O) groups is 5. The van der Waals surface area contributed by atoms with Gasteiger partial charge in [-0.1, -0.05) is 212 Å². The number of nitrogens with two attached hydrogens (primary N) is 1. The molecule has 84 heavy (non-hydrogen) atoms. The van der Waals surface area contributed by atoms with E-state index in [1.807, 2.05) is 4.90 Å². The Morgan fingerprint density at radius 3 is 1.01 bits per heavy atom. The number of nitrogens with zero attached hydrogens (tertiary/aromatic N) is 4. The highest BCUT2D eigenvalue weighted by molar-refractivity contribution is 5.77. The third-order valence-electron chi connectivity index (χ3n) is 9.48. The van der Waals surface area contributed by atoms with Crippen molar-refractivity contribution in [1.29, 1.82) is 0 Å². The van der Waals surface area contributed by atoms with Gasteiger partial charge < -0.3 is 61.2 Å². The van der Waals surface area contributed by atoms with E-state index in [9.17, 15) is 24.0 Å². The van der Waals surface area contributed by atoms with Crippen molar-refractivity contribution in [2.24, 2.45) is 23.5 Å². The van der Waals surface area contributed by atoms with Crippen LogP contribution in [0.15, 0.2) is 0 Å². The fraction of sp³-hybridized carbons (Fsp3) is 0.924. The molecular formula is C66H180N10O8. The number of methoxy groups -OCH3 is 1. The Bertz CT molecular complexity index is 1170. The average Bonchev–Trinajstić information content (AvgIpc) is 3.19. The molecule has 542 valence electrons. The quantitative estimate of drug-likeness (QED) is 0.0317. The van der Waals surface area contributed by atoms with Gasteiger partial charge >= 0.3 is 6.09 Å². The van der Waals surface area contributed by atoms with E-state index in [2.05, 4.69) is 96.7 Å². The van der Waals surface area contributed by atoms with Gasteiger partial charge in [-0.25, -0.2) is 4.79 Å². The van der Waals surface area contributed by atoms with Crippen LogP contribution >= 0.6 is 0 Å².